The summed E-state index contributed by atoms with van der Waals surface area (Å²) >= 11 is 6.26. The first-order valence-electron chi connectivity index (χ1n) is 5.13. The molecule has 2 atom stereocenters. The van der Waals surface area contributed by atoms with Gasteiger partial charge in [0.25, 0.3) is 0 Å². The van der Waals surface area contributed by atoms with E-state index < -0.39 is 18.2 Å². The first-order valence-corrected chi connectivity index (χ1v) is 6.71. The van der Waals surface area contributed by atoms with E-state index >= 15 is 0 Å². The Morgan fingerprint density at radius 2 is 2.06 bits per heavy atom. The maximum Gasteiger partial charge on any atom is 0.342 e. The molecule has 0 aliphatic heterocycles. The fourth-order valence-corrected chi connectivity index (χ4v) is 2.32. The fraction of sp³-hybridized carbons (Fsp3) is 0.364. The van der Waals surface area contributed by atoms with Crippen molar-refractivity contribution in [2.45, 2.75) is 19.1 Å². The van der Waals surface area contributed by atoms with Gasteiger partial charge >= 0.3 is 5.97 Å². The highest BCUT2D eigenvalue weighted by Crippen LogP contribution is 2.38. The van der Waals surface area contributed by atoms with Crippen LogP contribution in [0.3, 0.4) is 0 Å². The van der Waals surface area contributed by atoms with Crippen LogP contribution in [0.1, 0.15) is 18.5 Å². The lowest BCUT2D eigenvalue weighted by Gasteiger charge is -2.19. The van der Waals surface area contributed by atoms with Gasteiger partial charge in [0, 0.05) is 10.0 Å². The van der Waals surface area contributed by atoms with E-state index in [-0.39, 0.29) is 17.9 Å². The summed E-state index contributed by atoms with van der Waals surface area (Å²) in [5.41, 5.74) is 5.77. The average Bonchev–Trinajstić information content (AvgIpc) is 2.33. The Hall–Kier alpha value is -0.660. The number of halogens is 3. The van der Waals surface area contributed by atoms with Gasteiger partial charge in [0.15, 0.2) is 0 Å². The van der Waals surface area contributed by atoms with Crippen molar-refractivity contribution >= 4 is 37.8 Å². The van der Waals surface area contributed by atoms with Crippen LogP contribution >= 0.6 is 31.9 Å². The maximum absolute atomic E-state index is 13.8. The summed E-state index contributed by atoms with van der Waals surface area (Å²) in [6.07, 6.45) is -2.04. The van der Waals surface area contributed by atoms with Crippen molar-refractivity contribution in [2.75, 3.05) is 6.61 Å². The van der Waals surface area contributed by atoms with Crippen LogP contribution in [0.15, 0.2) is 21.1 Å². The van der Waals surface area contributed by atoms with Crippen molar-refractivity contribution < 1.29 is 19.0 Å². The molecule has 0 aliphatic rings. The minimum absolute atomic E-state index is 0.0671. The number of carbonyl (C=O) groups excluding carboxylic acids is 1. The lowest BCUT2D eigenvalue weighted by molar-refractivity contribution is -0.149. The number of nitrogens with two attached hydrogens (primary N) is 1. The lowest BCUT2D eigenvalue weighted by Crippen LogP contribution is -2.31. The van der Waals surface area contributed by atoms with Crippen LogP contribution in [-0.2, 0) is 9.53 Å². The molecule has 0 amide bonds. The predicted molar refractivity (Wildman–Crippen MR) is 72.0 cm³/mol. The van der Waals surface area contributed by atoms with E-state index in [0.29, 0.717) is 8.95 Å². The SMILES string of the molecule is CCOC(=O)C(F)[C@@H](N)c1c(Br)ccc(Br)c1O. The molecule has 1 aromatic carbocycles. The van der Waals surface area contributed by atoms with Crippen LogP contribution in [0.2, 0.25) is 0 Å². The second-order valence-corrected chi connectivity index (χ2v) is 5.18. The van der Waals surface area contributed by atoms with Gasteiger partial charge in [0.2, 0.25) is 6.17 Å². The third-order valence-electron chi connectivity index (χ3n) is 2.28. The molecule has 1 unspecified atom stereocenters. The maximum atomic E-state index is 13.8. The second-order valence-electron chi connectivity index (χ2n) is 3.47. The summed E-state index contributed by atoms with van der Waals surface area (Å²) in [6.45, 7) is 1.64. The van der Waals surface area contributed by atoms with Crippen molar-refractivity contribution in [3.8, 4) is 5.75 Å². The van der Waals surface area contributed by atoms with E-state index in [0.717, 1.165) is 0 Å². The molecule has 4 nitrogen and oxygen atoms in total. The molecule has 0 saturated heterocycles. The summed E-state index contributed by atoms with van der Waals surface area (Å²) in [4.78, 5) is 11.3. The molecule has 0 aromatic heterocycles. The quantitative estimate of drug-likeness (QED) is 0.783. The number of alkyl halides is 1. The number of rotatable bonds is 4. The molecule has 1 rings (SSSR count). The summed E-state index contributed by atoms with van der Waals surface area (Å²) in [5, 5.41) is 9.83. The largest absolute Gasteiger partial charge is 0.506 e. The number of hydrogen-bond acceptors (Lipinski definition) is 4. The Labute approximate surface area is 121 Å². The third-order valence-corrected chi connectivity index (χ3v) is 3.61. The van der Waals surface area contributed by atoms with E-state index in [1.165, 1.54) is 0 Å². The predicted octanol–water partition coefficient (Wildman–Crippen LogP) is 2.82. The molecule has 1 aromatic rings. The molecule has 0 bridgehead atoms. The van der Waals surface area contributed by atoms with Gasteiger partial charge in [0.1, 0.15) is 5.75 Å². The minimum atomic E-state index is -2.04. The van der Waals surface area contributed by atoms with Crippen LogP contribution in [-0.4, -0.2) is 23.9 Å². The topological polar surface area (TPSA) is 72.5 Å². The van der Waals surface area contributed by atoms with E-state index in [1.807, 2.05) is 0 Å². The Balaban J connectivity index is 3.07. The van der Waals surface area contributed by atoms with Crippen molar-refractivity contribution in [2.24, 2.45) is 5.73 Å². The second kappa shape index (κ2) is 6.49. The van der Waals surface area contributed by atoms with E-state index in [2.05, 4.69) is 36.6 Å². The molecule has 0 saturated carbocycles. The van der Waals surface area contributed by atoms with Crippen LogP contribution < -0.4 is 5.73 Å². The van der Waals surface area contributed by atoms with Crippen molar-refractivity contribution in [3.05, 3.63) is 26.6 Å². The standard InChI is InChI=1S/C11H12Br2FNO3/c1-2-18-11(17)8(14)9(15)7-5(12)3-4-6(13)10(7)16/h3-4,8-9,16H,2,15H2,1H3/t8?,9-/m0/s1. The van der Waals surface area contributed by atoms with Gasteiger partial charge in [-0.2, -0.15) is 0 Å². The monoisotopic (exact) mass is 383 g/mol. The zero-order valence-electron chi connectivity index (χ0n) is 9.49. The van der Waals surface area contributed by atoms with Crippen molar-refractivity contribution in [1.29, 1.82) is 0 Å². The zero-order valence-corrected chi connectivity index (χ0v) is 12.7. The van der Waals surface area contributed by atoms with Gasteiger partial charge in [-0.05, 0) is 35.0 Å². The molecule has 0 fully saturated rings. The van der Waals surface area contributed by atoms with Crippen LogP contribution in [0.5, 0.6) is 5.75 Å². The Kier molecular flexibility index (Phi) is 5.55. The molecular formula is C11H12Br2FNO3. The number of aromatic hydroxyl groups is 1. The lowest BCUT2D eigenvalue weighted by atomic mass is 10.0. The minimum Gasteiger partial charge on any atom is -0.506 e. The smallest absolute Gasteiger partial charge is 0.342 e. The summed E-state index contributed by atoms with van der Waals surface area (Å²) in [6, 6.07) is 1.86. The van der Waals surface area contributed by atoms with E-state index in [9.17, 15) is 14.3 Å². The van der Waals surface area contributed by atoms with Gasteiger partial charge in [0.05, 0.1) is 17.1 Å². The Morgan fingerprint density at radius 3 is 2.61 bits per heavy atom. The van der Waals surface area contributed by atoms with Crippen LogP contribution in [0.4, 0.5) is 4.39 Å². The summed E-state index contributed by atoms with van der Waals surface area (Å²) < 4.78 is 19.1. The number of phenols is 1. The molecule has 7 heteroatoms. The molecule has 3 N–H and O–H groups in total. The zero-order chi connectivity index (χ0) is 13.9. The first kappa shape index (κ1) is 15.4. The van der Waals surface area contributed by atoms with Crippen molar-refractivity contribution in [3.63, 3.8) is 0 Å². The van der Waals surface area contributed by atoms with Crippen LogP contribution in [0, 0.1) is 0 Å². The fourth-order valence-electron chi connectivity index (χ4n) is 1.39. The number of esters is 1. The molecule has 0 heterocycles. The van der Waals surface area contributed by atoms with Gasteiger partial charge in [-0.25, -0.2) is 9.18 Å². The highest BCUT2D eigenvalue weighted by Gasteiger charge is 2.31. The number of ether oxygens (including phenoxy) is 1. The van der Waals surface area contributed by atoms with Crippen molar-refractivity contribution in [1.82, 2.24) is 0 Å². The van der Waals surface area contributed by atoms with Crippen LogP contribution in [0.25, 0.3) is 0 Å². The van der Waals surface area contributed by atoms with E-state index in [4.69, 9.17) is 5.73 Å². The molecule has 0 radical (unpaired) electrons. The third kappa shape index (κ3) is 3.21. The van der Waals surface area contributed by atoms with Gasteiger partial charge in [-0.3, -0.25) is 0 Å². The highest BCUT2D eigenvalue weighted by molar-refractivity contribution is 9.11. The molecule has 0 spiro atoms. The summed E-state index contributed by atoms with van der Waals surface area (Å²) in [7, 11) is 0. The molecule has 100 valence electrons. The normalized spacial score (nSPS) is 14.1. The number of hydrogen-bond donors (Lipinski definition) is 2. The van der Waals surface area contributed by atoms with Gasteiger partial charge in [-0.1, -0.05) is 15.9 Å². The Morgan fingerprint density at radius 1 is 1.50 bits per heavy atom. The van der Waals surface area contributed by atoms with Gasteiger partial charge in [-0.15, -0.1) is 0 Å². The highest BCUT2D eigenvalue weighted by atomic mass is 79.9. The summed E-state index contributed by atoms with van der Waals surface area (Å²) in [5.74, 6) is -1.25. The number of carbonyl (C=O) groups is 1. The molecular weight excluding hydrogens is 373 g/mol. The number of benzene rings is 1. The average molecular weight is 385 g/mol. The van der Waals surface area contributed by atoms with E-state index in [1.54, 1.807) is 19.1 Å². The molecule has 18 heavy (non-hydrogen) atoms. The number of phenolic OH excluding ortho intramolecular Hbond substituents is 1. The Bertz CT molecular complexity index is 456. The molecule has 0 aliphatic carbocycles. The van der Waals surface area contributed by atoms with Gasteiger partial charge < -0.3 is 15.6 Å². The first-order chi connectivity index (χ1) is 8.40.